The first-order valence-electron chi connectivity index (χ1n) is 10.3. The smallest absolute Gasteiger partial charge is 0.464 e. The van der Waals surface area contributed by atoms with Gasteiger partial charge in [0.2, 0.25) is 5.91 Å². The van der Waals surface area contributed by atoms with Crippen molar-refractivity contribution < 1.29 is 37.4 Å². The lowest BCUT2D eigenvalue weighted by molar-refractivity contribution is -0.286. The van der Waals surface area contributed by atoms with Gasteiger partial charge in [-0.1, -0.05) is 6.07 Å². The van der Waals surface area contributed by atoms with Gasteiger partial charge in [0.05, 0.1) is 18.6 Å². The van der Waals surface area contributed by atoms with E-state index in [1.807, 2.05) is 0 Å². The van der Waals surface area contributed by atoms with Crippen LogP contribution in [0.2, 0.25) is 0 Å². The number of rotatable bonds is 6. The lowest BCUT2D eigenvalue weighted by Crippen LogP contribution is -2.69. The Bertz CT molecular complexity index is 1080. The van der Waals surface area contributed by atoms with Crippen LogP contribution in [0.5, 0.6) is 11.5 Å². The average molecular weight is 461 g/mol. The van der Waals surface area contributed by atoms with Gasteiger partial charge >= 0.3 is 18.3 Å². The van der Waals surface area contributed by atoms with Crippen LogP contribution < -0.4 is 14.8 Å². The molecule has 0 radical (unpaired) electrons. The number of benzene rings is 1. The van der Waals surface area contributed by atoms with Crippen molar-refractivity contribution in [1.82, 2.24) is 15.2 Å². The number of esters is 1. The first-order valence-corrected chi connectivity index (χ1v) is 10.3. The van der Waals surface area contributed by atoms with E-state index in [0.717, 1.165) is 10.5 Å². The number of hydrogen-bond donors (Lipinski definition) is 1. The van der Waals surface area contributed by atoms with Crippen LogP contribution in [0.4, 0.5) is 13.6 Å². The predicted molar refractivity (Wildman–Crippen MR) is 108 cm³/mol. The first kappa shape index (κ1) is 22.4. The van der Waals surface area contributed by atoms with Crippen LogP contribution in [-0.4, -0.2) is 46.7 Å². The number of carbonyl (C=O) groups excluding carboxylic acids is 3. The van der Waals surface area contributed by atoms with Crippen molar-refractivity contribution in [2.45, 2.75) is 38.6 Å². The molecule has 0 saturated carbocycles. The topological polar surface area (TPSA) is 107 Å². The Morgan fingerprint density at radius 1 is 1.21 bits per heavy atom. The molecular formula is C22H21F2N3O6. The standard InChI is InChI=1S/C22H21F2N3O6/c1-3-31-20(29)18-15(10-13-6-8-25-9-7-13)19(28)27(18)21(30)26-12(2)14-4-5-16-17(11-14)33-22(23,24)32-16/h4-9,11-12,15,18H,3,10H2,1-2H3,(H,26,30)/t12-,15-,18+/m1/s1. The van der Waals surface area contributed by atoms with Crippen molar-refractivity contribution in [2.24, 2.45) is 5.92 Å². The molecule has 0 aliphatic carbocycles. The highest BCUT2D eigenvalue weighted by atomic mass is 19.3. The van der Waals surface area contributed by atoms with E-state index in [4.69, 9.17) is 4.74 Å². The Labute approximate surface area is 187 Å². The fraction of sp³-hybridized carbons (Fsp3) is 0.364. The highest BCUT2D eigenvalue weighted by molar-refractivity contribution is 6.08. The minimum Gasteiger partial charge on any atom is -0.464 e. The Hall–Kier alpha value is -3.76. The van der Waals surface area contributed by atoms with E-state index >= 15 is 0 Å². The van der Waals surface area contributed by atoms with E-state index in [1.165, 1.54) is 18.2 Å². The van der Waals surface area contributed by atoms with Crippen LogP contribution in [0.25, 0.3) is 0 Å². The molecule has 33 heavy (non-hydrogen) atoms. The number of alkyl halides is 2. The quantitative estimate of drug-likeness (QED) is 0.521. The molecule has 1 N–H and O–H groups in total. The molecule has 174 valence electrons. The molecular weight excluding hydrogens is 440 g/mol. The molecule has 1 saturated heterocycles. The average Bonchev–Trinajstić information content (AvgIpc) is 3.09. The molecule has 2 aliphatic rings. The summed E-state index contributed by atoms with van der Waals surface area (Å²) in [6, 6.07) is 5.00. The third-order valence-electron chi connectivity index (χ3n) is 5.43. The second-order valence-corrected chi connectivity index (χ2v) is 7.62. The van der Waals surface area contributed by atoms with E-state index in [9.17, 15) is 23.2 Å². The Morgan fingerprint density at radius 2 is 1.91 bits per heavy atom. The number of fused-ring (bicyclic) bond motifs is 1. The fourth-order valence-electron chi connectivity index (χ4n) is 3.82. The molecule has 2 aliphatic heterocycles. The summed E-state index contributed by atoms with van der Waals surface area (Å²) in [5.74, 6) is -2.23. The number of halogens is 2. The van der Waals surface area contributed by atoms with Crippen LogP contribution >= 0.6 is 0 Å². The largest absolute Gasteiger partial charge is 0.586 e. The van der Waals surface area contributed by atoms with E-state index in [2.05, 4.69) is 19.8 Å². The van der Waals surface area contributed by atoms with Crippen LogP contribution in [-0.2, 0) is 20.7 Å². The number of ether oxygens (including phenoxy) is 3. The maximum absolute atomic E-state index is 13.3. The molecule has 3 atom stereocenters. The van der Waals surface area contributed by atoms with Crippen molar-refractivity contribution in [2.75, 3.05) is 6.61 Å². The fourth-order valence-corrected chi connectivity index (χ4v) is 3.82. The van der Waals surface area contributed by atoms with Gasteiger partial charge in [0.1, 0.15) is 0 Å². The minimum absolute atomic E-state index is 0.0964. The molecule has 3 heterocycles. The van der Waals surface area contributed by atoms with Gasteiger partial charge in [-0.15, -0.1) is 8.78 Å². The van der Waals surface area contributed by atoms with Crippen LogP contribution in [0.15, 0.2) is 42.7 Å². The molecule has 4 rings (SSSR count). The molecule has 3 amide bonds. The van der Waals surface area contributed by atoms with Gasteiger partial charge in [-0.05, 0) is 55.7 Å². The minimum atomic E-state index is -3.76. The number of nitrogens with one attached hydrogen (secondary N) is 1. The summed E-state index contributed by atoms with van der Waals surface area (Å²) in [7, 11) is 0. The normalized spacial score (nSPS) is 21.2. The summed E-state index contributed by atoms with van der Waals surface area (Å²) < 4.78 is 40.4. The number of urea groups is 1. The summed E-state index contributed by atoms with van der Waals surface area (Å²) in [5, 5.41) is 2.62. The molecule has 2 aromatic rings. The van der Waals surface area contributed by atoms with Gasteiger partial charge in [0.15, 0.2) is 17.5 Å². The zero-order chi connectivity index (χ0) is 23.8. The molecule has 0 bridgehead atoms. The van der Waals surface area contributed by atoms with Crippen LogP contribution in [0, 0.1) is 5.92 Å². The number of β-lactam (4-membered cyclic amide) rings is 1. The van der Waals surface area contributed by atoms with E-state index in [-0.39, 0.29) is 24.5 Å². The number of imide groups is 1. The number of hydrogen-bond acceptors (Lipinski definition) is 7. The van der Waals surface area contributed by atoms with E-state index in [0.29, 0.717) is 5.56 Å². The van der Waals surface area contributed by atoms with E-state index < -0.39 is 42.2 Å². The van der Waals surface area contributed by atoms with E-state index in [1.54, 1.807) is 38.4 Å². The number of amides is 3. The van der Waals surface area contributed by atoms with Gasteiger partial charge in [-0.25, -0.2) is 14.5 Å². The summed E-state index contributed by atoms with van der Waals surface area (Å²) in [6.07, 6.45) is -0.356. The zero-order valence-corrected chi connectivity index (χ0v) is 17.8. The Balaban J connectivity index is 1.47. The highest BCUT2D eigenvalue weighted by Crippen LogP contribution is 2.42. The molecule has 0 unspecified atom stereocenters. The van der Waals surface area contributed by atoms with Crippen molar-refractivity contribution in [3.8, 4) is 11.5 Å². The molecule has 9 nitrogen and oxygen atoms in total. The Morgan fingerprint density at radius 3 is 2.61 bits per heavy atom. The van der Waals surface area contributed by atoms with Crippen molar-refractivity contribution in [3.63, 3.8) is 0 Å². The van der Waals surface area contributed by atoms with Crippen molar-refractivity contribution >= 4 is 17.9 Å². The van der Waals surface area contributed by atoms with Crippen molar-refractivity contribution in [3.05, 3.63) is 53.9 Å². The number of carbonyl (C=O) groups is 3. The zero-order valence-electron chi connectivity index (χ0n) is 17.8. The number of aromatic nitrogens is 1. The Kier molecular flexibility index (Phi) is 5.88. The summed E-state index contributed by atoms with van der Waals surface area (Å²) in [4.78, 5) is 42.9. The molecule has 1 fully saturated rings. The summed E-state index contributed by atoms with van der Waals surface area (Å²) in [5.41, 5.74) is 1.24. The first-order chi connectivity index (χ1) is 15.7. The maximum Gasteiger partial charge on any atom is 0.586 e. The lowest BCUT2D eigenvalue weighted by Gasteiger charge is -2.44. The van der Waals surface area contributed by atoms with Gasteiger partial charge < -0.3 is 19.5 Å². The van der Waals surface area contributed by atoms with Gasteiger partial charge in [-0.2, -0.15) is 0 Å². The lowest BCUT2D eigenvalue weighted by atomic mass is 9.82. The predicted octanol–water partition coefficient (Wildman–Crippen LogP) is 2.81. The molecule has 1 aromatic heterocycles. The molecule has 1 aromatic carbocycles. The number of likely N-dealkylation sites (tertiary alicyclic amines) is 1. The second-order valence-electron chi connectivity index (χ2n) is 7.62. The van der Waals surface area contributed by atoms with Crippen LogP contribution in [0.3, 0.4) is 0 Å². The highest BCUT2D eigenvalue weighted by Gasteiger charge is 2.55. The summed E-state index contributed by atoms with van der Waals surface area (Å²) >= 11 is 0. The monoisotopic (exact) mass is 461 g/mol. The number of nitrogens with zero attached hydrogens (tertiary/aromatic N) is 2. The SMILES string of the molecule is CCOC(=O)[C@@H]1[C@@H](Cc2ccncc2)C(=O)N1C(=O)N[C@H](C)c1ccc2c(c1)OC(F)(F)O2. The third kappa shape index (κ3) is 4.43. The van der Waals surface area contributed by atoms with Gasteiger partial charge in [0.25, 0.3) is 0 Å². The van der Waals surface area contributed by atoms with Crippen LogP contribution in [0.1, 0.15) is 31.0 Å². The molecule has 11 heteroatoms. The van der Waals surface area contributed by atoms with Gasteiger partial charge in [-0.3, -0.25) is 9.78 Å². The molecule has 0 spiro atoms. The number of pyridine rings is 1. The second kappa shape index (κ2) is 8.64. The third-order valence-corrected chi connectivity index (χ3v) is 5.43. The summed E-state index contributed by atoms with van der Waals surface area (Å²) in [6.45, 7) is 3.33. The maximum atomic E-state index is 13.3. The van der Waals surface area contributed by atoms with Crippen molar-refractivity contribution in [1.29, 1.82) is 0 Å². The van der Waals surface area contributed by atoms with Gasteiger partial charge in [0, 0.05) is 12.4 Å².